The fraction of sp³-hybridized carbons (Fsp3) is 0.261. The first-order valence-corrected chi connectivity index (χ1v) is 10.3. The van der Waals surface area contributed by atoms with Gasteiger partial charge in [-0.25, -0.2) is 4.98 Å². The number of carboxylic acid groups (broad SMARTS) is 1. The van der Waals surface area contributed by atoms with Crippen LogP contribution in [0.4, 0.5) is 0 Å². The quantitative estimate of drug-likeness (QED) is 0.443. The minimum Gasteiger partial charge on any atom is -0.481 e. The summed E-state index contributed by atoms with van der Waals surface area (Å²) in [7, 11) is 0. The third-order valence-corrected chi connectivity index (χ3v) is 5.37. The highest BCUT2D eigenvalue weighted by atomic mass is 35.5. The van der Waals surface area contributed by atoms with Crippen molar-refractivity contribution in [1.82, 2.24) is 19.3 Å². The standard InChI is InChI=1S/C23H23ClN4O2/c1-15(2)9-16-3-4-17(11-20(16)24)21-13-27(14-25-21)19-5-6-22-18(10-19)12-26-28(22)8-7-23(29)30/h3-6,10-15H,7-9H2,1-2H3,(H,29,30). The predicted molar refractivity (Wildman–Crippen MR) is 118 cm³/mol. The van der Waals surface area contributed by atoms with Crippen molar-refractivity contribution < 1.29 is 9.90 Å². The average Bonchev–Trinajstić information content (AvgIpc) is 3.34. The lowest BCUT2D eigenvalue weighted by atomic mass is 10.0. The fourth-order valence-electron chi connectivity index (χ4n) is 3.54. The van der Waals surface area contributed by atoms with E-state index in [1.807, 2.05) is 35.0 Å². The predicted octanol–water partition coefficient (Wildman–Crippen LogP) is 5.22. The van der Waals surface area contributed by atoms with Crippen LogP contribution in [0.1, 0.15) is 25.8 Å². The molecule has 1 N–H and O–H groups in total. The van der Waals surface area contributed by atoms with Crippen LogP contribution < -0.4 is 0 Å². The number of aryl methyl sites for hydroxylation is 1. The lowest BCUT2D eigenvalue weighted by molar-refractivity contribution is -0.137. The van der Waals surface area contributed by atoms with Gasteiger partial charge in [0.1, 0.15) is 0 Å². The number of imidazole rings is 1. The molecule has 2 aromatic carbocycles. The maximum Gasteiger partial charge on any atom is 0.305 e. The molecule has 0 radical (unpaired) electrons. The molecular weight excluding hydrogens is 400 g/mol. The van der Waals surface area contributed by atoms with Crippen molar-refractivity contribution in [2.45, 2.75) is 33.2 Å². The average molecular weight is 423 g/mol. The van der Waals surface area contributed by atoms with Gasteiger partial charge in [-0.1, -0.05) is 37.6 Å². The zero-order valence-corrected chi connectivity index (χ0v) is 17.7. The molecule has 30 heavy (non-hydrogen) atoms. The second kappa shape index (κ2) is 8.32. The molecule has 0 fully saturated rings. The summed E-state index contributed by atoms with van der Waals surface area (Å²) in [5, 5.41) is 14.9. The Balaban J connectivity index is 1.58. The summed E-state index contributed by atoms with van der Waals surface area (Å²) in [5.41, 5.74) is 4.86. The maximum atomic E-state index is 10.8. The topological polar surface area (TPSA) is 72.9 Å². The second-order valence-electron chi connectivity index (χ2n) is 7.82. The minimum atomic E-state index is -0.835. The summed E-state index contributed by atoms with van der Waals surface area (Å²) in [4.78, 5) is 15.4. The van der Waals surface area contributed by atoms with Crippen LogP contribution in [-0.4, -0.2) is 30.4 Å². The number of rotatable bonds is 7. The molecule has 6 nitrogen and oxygen atoms in total. The Kier molecular flexibility index (Phi) is 5.59. The van der Waals surface area contributed by atoms with Gasteiger partial charge in [-0.2, -0.15) is 5.10 Å². The molecule has 0 saturated carbocycles. The number of fused-ring (bicyclic) bond motifs is 1. The number of nitrogens with zero attached hydrogens (tertiary/aromatic N) is 4. The number of aromatic nitrogens is 4. The minimum absolute atomic E-state index is 0.0436. The zero-order chi connectivity index (χ0) is 21.3. The van der Waals surface area contributed by atoms with Gasteiger partial charge in [-0.15, -0.1) is 0 Å². The van der Waals surface area contributed by atoms with E-state index in [2.05, 4.69) is 36.1 Å². The fourth-order valence-corrected chi connectivity index (χ4v) is 3.80. The Morgan fingerprint density at radius 3 is 2.77 bits per heavy atom. The number of halogens is 1. The Bertz CT molecular complexity index is 1210. The molecule has 154 valence electrons. The molecule has 2 heterocycles. The van der Waals surface area contributed by atoms with Gasteiger partial charge >= 0.3 is 5.97 Å². The third kappa shape index (κ3) is 4.24. The largest absolute Gasteiger partial charge is 0.481 e. The van der Waals surface area contributed by atoms with E-state index in [4.69, 9.17) is 16.7 Å². The normalized spacial score (nSPS) is 11.5. The second-order valence-corrected chi connectivity index (χ2v) is 8.23. The molecule has 2 aromatic heterocycles. The molecule has 0 aliphatic heterocycles. The van der Waals surface area contributed by atoms with E-state index in [1.165, 1.54) is 0 Å². The number of aliphatic carboxylic acids is 1. The van der Waals surface area contributed by atoms with Crippen LogP contribution in [0.25, 0.3) is 27.8 Å². The van der Waals surface area contributed by atoms with Crippen molar-refractivity contribution in [2.75, 3.05) is 0 Å². The van der Waals surface area contributed by atoms with E-state index < -0.39 is 5.97 Å². The highest BCUT2D eigenvalue weighted by Gasteiger charge is 2.10. The summed E-state index contributed by atoms with van der Waals surface area (Å²) >= 11 is 6.48. The van der Waals surface area contributed by atoms with Crippen LogP contribution in [0.15, 0.2) is 55.1 Å². The van der Waals surface area contributed by atoms with Gasteiger partial charge in [-0.05, 0) is 42.2 Å². The number of benzene rings is 2. The van der Waals surface area contributed by atoms with Gasteiger partial charge < -0.3 is 9.67 Å². The van der Waals surface area contributed by atoms with Crippen molar-refractivity contribution in [3.63, 3.8) is 0 Å². The molecule has 4 rings (SSSR count). The lowest BCUT2D eigenvalue weighted by Crippen LogP contribution is -2.05. The first-order valence-electron chi connectivity index (χ1n) is 9.91. The Hall–Kier alpha value is -3.12. The summed E-state index contributed by atoms with van der Waals surface area (Å²) < 4.78 is 3.67. The number of carboxylic acids is 1. The highest BCUT2D eigenvalue weighted by molar-refractivity contribution is 6.31. The molecule has 7 heteroatoms. The molecule has 0 unspecified atom stereocenters. The Morgan fingerprint density at radius 2 is 2.03 bits per heavy atom. The summed E-state index contributed by atoms with van der Waals surface area (Å²) in [6.07, 6.45) is 6.51. The van der Waals surface area contributed by atoms with Crippen LogP contribution in [0.3, 0.4) is 0 Å². The lowest BCUT2D eigenvalue weighted by Gasteiger charge is -2.08. The zero-order valence-electron chi connectivity index (χ0n) is 16.9. The van der Waals surface area contributed by atoms with Crippen molar-refractivity contribution in [3.8, 4) is 16.9 Å². The molecule has 0 amide bonds. The first kappa shape index (κ1) is 20.2. The van der Waals surface area contributed by atoms with Crippen LogP contribution >= 0.6 is 11.6 Å². The Morgan fingerprint density at radius 1 is 1.20 bits per heavy atom. The van der Waals surface area contributed by atoms with Gasteiger partial charge in [0, 0.05) is 27.9 Å². The van der Waals surface area contributed by atoms with Crippen LogP contribution in [0.5, 0.6) is 0 Å². The number of hydrogen-bond acceptors (Lipinski definition) is 3. The van der Waals surface area contributed by atoms with Gasteiger partial charge in [0.15, 0.2) is 0 Å². The summed E-state index contributed by atoms with van der Waals surface area (Å²) in [6, 6.07) is 12.1. The van der Waals surface area contributed by atoms with Crippen molar-refractivity contribution >= 4 is 28.5 Å². The van der Waals surface area contributed by atoms with E-state index in [-0.39, 0.29) is 6.42 Å². The molecule has 0 aliphatic carbocycles. The number of carbonyl (C=O) groups is 1. The molecule has 0 saturated heterocycles. The van der Waals surface area contributed by atoms with E-state index in [0.717, 1.165) is 44.9 Å². The van der Waals surface area contributed by atoms with Gasteiger partial charge in [0.25, 0.3) is 0 Å². The van der Waals surface area contributed by atoms with Crippen molar-refractivity contribution in [2.24, 2.45) is 5.92 Å². The summed E-state index contributed by atoms with van der Waals surface area (Å²) in [5.74, 6) is -0.283. The van der Waals surface area contributed by atoms with Crippen LogP contribution in [0.2, 0.25) is 5.02 Å². The molecule has 4 aromatic rings. The first-order chi connectivity index (χ1) is 14.4. The van der Waals surface area contributed by atoms with Gasteiger partial charge in [0.05, 0.1) is 36.7 Å². The van der Waals surface area contributed by atoms with E-state index >= 15 is 0 Å². The SMILES string of the molecule is CC(C)Cc1ccc(-c2cn(-c3ccc4c(cnn4CCC(=O)O)c3)cn2)cc1Cl. The Labute approximate surface area is 179 Å². The van der Waals surface area contributed by atoms with Crippen LogP contribution in [-0.2, 0) is 17.8 Å². The number of hydrogen-bond donors (Lipinski definition) is 1. The van der Waals surface area contributed by atoms with Crippen molar-refractivity contribution in [1.29, 1.82) is 0 Å². The molecule has 0 spiro atoms. The smallest absolute Gasteiger partial charge is 0.305 e. The molecule has 0 aliphatic rings. The monoisotopic (exact) mass is 422 g/mol. The van der Waals surface area contributed by atoms with Crippen LogP contribution in [0, 0.1) is 5.92 Å². The molecule has 0 atom stereocenters. The summed E-state index contributed by atoms with van der Waals surface area (Å²) in [6.45, 7) is 4.71. The van der Waals surface area contributed by atoms with Gasteiger partial charge in [-0.3, -0.25) is 9.48 Å². The van der Waals surface area contributed by atoms with E-state index in [9.17, 15) is 4.79 Å². The van der Waals surface area contributed by atoms with E-state index in [1.54, 1.807) is 17.2 Å². The third-order valence-electron chi connectivity index (χ3n) is 5.02. The molecule has 0 bridgehead atoms. The molecular formula is C23H23ClN4O2. The highest BCUT2D eigenvalue weighted by Crippen LogP contribution is 2.27. The van der Waals surface area contributed by atoms with Gasteiger partial charge in [0.2, 0.25) is 0 Å². The maximum absolute atomic E-state index is 10.8. The van der Waals surface area contributed by atoms with E-state index in [0.29, 0.717) is 12.5 Å². The van der Waals surface area contributed by atoms with Crippen molar-refractivity contribution in [3.05, 3.63) is 65.7 Å².